The minimum Gasteiger partial charge on any atom is -0.212 e. The van der Waals surface area contributed by atoms with Crippen LogP contribution in [-0.4, -0.2) is 22.1 Å². The molecule has 1 unspecified atom stereocenters. The van der Waals surface area contributed by atoms with Gasteiger partial charge in [0.1, 0.15) is 0 Å². The molecule has 1 atom stereocenters. The molecule has 8 heteroatoms. The van der Waals surface area contributed by atoms with E-state index in [2.05, 4.69) is 4.72 Å². The number of benzene rings is 1. The van der Waals surface area contributed by atoms with Crippen LogP contribution in [0.15, 0.2) is 29.2 Å². The minimum atomic E-state index is -3.75. The zero-order valence-electron chi connectivity index (χ0n) is 10.2. The van der Waals surface area contributed by atoms with Crippen molar-refractivity contribution in [2.45, 2.75) is 36.0 Å². The van der Waals surface area contributed by atoms with Gasteiger partial charge in [-0.1, -0.05) is 12.1 Å². The van der Waals surface area contributed by atoms with Gasteiger partial charge < -0.3 is 0 Å². The Kier molecular flexibility index (Phi) is 3.92. The summed E-state index contributed by atoms with van der Waals surface area (Å²) in [5.74, 6) is 0. The number of nitrogens with one attached hydrogen (secondary N) is 1. The molecule has 1 N–H and O–H groups in total. The Balaban J connectivity index is 2.14. The highest BCUT2D eigenvalue weighted by Gasteiger charge is 2.36. The van der Waals surface area contributed by atoms with Crippen molar-refractivity contribution in [2.75, 3.05) is 0 Å². The van der Waals surface area contributed by atoms with Gasteiger partial charge in [0.25, 0.3) is 9.05 Å². The standard InChI is InChI=1S/C11H14ClNO4S2/c1-8(13-19(16,17)11-6-7-11)9-2-4-10(5-3-9)18(12,14)15/h2-5,8,11,13H,6-7H2,1H3. The van der Waals surface area contributed by atoms with Crippen molar-refractivity contribution in [3.05, 3.63) is 29.8 Å². The quantitative estimate of drug-likeness (QED) is 0.837. The first-order valence-electron chi connectivity index (χ1n) is 5.76. The summed E-state index contributed by atoms with van der Waals surface area (Å²) >= 11 is 0. The zero-order chi connectivity index (χ0) is 14.3. The smallest absolute Gasteiger partial charge is 0.212 e. The van der Waals surface area contributed by atoms with Gasteiger partial charge in [-0.25, -0.2) is 21.6 Å². The Morgan fingerprint density at radius 2 is 1.68 bits per heavy atom. The highest BCUT2D eigenvalue weighted by molar-refractivity contribution is 8.13. The normalized spacial score (nSPS) is 18.2. The van der Waals surface area contributed by atoms with Crippen molar-refractivity contribution in [3.63, 3.8) is 0 Å². The molecule has 2 rings (SSSR count). The van der Waals surface area contributed by atoms with E-state index in [0.29, 0.717) is 18.4 Å². The van der Waals surface area contributed by atoms with E-state index in [1.807, 2.05) is 0 Å². The van der Waals surface area contributed by atoms with E-state index in [9.17, 15) is 16.8 Å². The summed E-state index contributed by atoms with van der Waals surface area (Å²) < 4.78 is 48.3. The summed E-state index contributed by atoms with van der Waals surface area (Å²) in [5, 5.41) is -0.280. The Morgan fingerprint density at radius 1 is 1.16 bits per heavy atom. The summed E-state index contributed by atoms with van der Waals surface area (Å²) in [7, 11) is -1.81. The second kappa shape index (κ2) is 5.05. The topological polar surface area (TPSA) is 80.3 Å². The minimum absolute atomic E-state index is 0.00448. The second-order valence-electron chi connectivity index (χ2n) is 4.59. The van der Waals surface area contributed by atoms with Crippen LogP contribution in [0.25, 0.3) is 0 Å². The summed E-state index contributed by atoms with van der Waals surface area (Å²) in [5.41, 5.74) is 0.688. The first-order chi connectivity index (χ1) is 8.70. The predicted molar refractivity (Wildman–Crippen MR) is 73.0 cm³/mol. The van der Waals surface area contributed by atoms with E-state index in [0.717, 1.165) is 0 Å². The summed E-state index contributed by atoms with van der Waals surface area (Å²) in [6.45, 7) is 1.71. The molecular formula is C11H14ClNO4S2. The van der Waals surface area contributed by atoms with Crippen LogP contribution in [0, 0.1) is 0 Å². The Hall–Kier alpha value is -0.630. The SMILES string of the molecule is CC(NS(=O)(=O)C1CC1)c1ccc(S(=O)(=O)Cl)cc1. The lowest BCUT2D eigenvalue weighted by Crippen LogP contribution is -2.29. The van der Waals surface area contributed by atoms with Gasteiger partial charge >= 0.3 is 0 Å². The molecule has 1 aliphatic rings. The molecule has 1 fully saturated rings. The fourth-order valence-electron chi connectivity index (χ4n) is 1.71. The molecule has 106 valence electrons. The Labute approximate surface area is 117 Å². The van der Waals surface area contributed by atoms with Gasteiger partial charge in [0.2, 0.25) is 10.0 Å². The lowest BCUT2D eigenvalue weighted by atomic mass is 10.1. The molecule has 1 aromatic carbocycles. The van der Waals surface area contributed by atoms with Gasteiger partial charge in [0.15, 0.2) is 0 Å². The molecule has 0 saturated heterocycles. The molecule has 0 aliphatic heterocycles. The van der Waals surface area contributed by atoms with E-state index in [1.54, 1.807) is 19.1 Å². The van der Waals surface area contributed by atoms with E-state index in [1.165, 1.54) is 12.1 Å². The van der Waals surface area contributed by atoms with E-state index in [-0.39, 0.29) is 10.1 Å². The number of sulfonamides is 1. The fourth-order valence-corrected chi connectivity index (χ4v) is 4.06. The van der Waals surface area contributed by atoms with Gasteiger partial charge in [0, 0.05) is 16.7 Å². The molecule has 5 nitrogen and oxygen atoms in total. The van der Waals surface area contributed by atoms with E-state index >= 15 is 0 Å². The molecule has 0 heterocycles. The maximum atomic E-state index is 11.8. The van der Waals surface area contributed by atoms with Crippen molar-refractivity contribution in [3.8, 4) is 0 Å². The number of rotatable bonds is 5. The van der Waals surface area contributed by atoms with Crippen LogP contribution in [-0.2, 0) is 19.1 Å². The van der Waals surface area contributed by atoms with Crippen molar-refractivity contribution in [1.82, 2.24) is 4.72 Å². The Bertz CT molecular complexity index is 663. The lowest BCUT2D eigenvalue weighted by molar-refractivity contribution is 0.565. The third-order valence-electron chi connectivity index (χ3n) is 2.97. The molecule has 0 aromatic heterocycles. The first-order valence-corrected chi connectivity index (χ1v) is 9.61. The lowest BCUT2D eigenvalue weighted by Gasteiger charge is -2.14. The van der Waals surface area contributed by atoms with Crippen LogP contribution in [0.4, 0.5) is 0 Å². The van der Waals surface area contributed by atoms with Crippen molar-refractivity contribution < 1.29 is 16.8 Å². The zero-order valence-corrected chi connectivity index (χ0v) is 12.6. The molecule has 0 bridgehead atoms. The first kappa shape index (κ1) is 14.8. The third kappa shape index (κ3) is 3.68. The van der Waals surface area contributed by atoms with Crippen molar-refractivity contribution in [1.29, 1.82) is 0 Å². The van der Waals surface area contributed by atoms with Crippen LogP contribution < -0.4 is 4.72 Å². The fraction of sp³-hybridized carbons (Fsp3) is 0.455. The predicted octanol–water partition coefficient (Wildman–Crippen LogP) is 1.76. The molecular weight excluding hydrogens is 310 g/mol. The van der Waals surface area contributed by atoms with Crippen molar-refractivity contribution >= 4 is 29.8 Å². The van der Waals surface area contributed by atoms with Crippen LogP contribution in [0.3, 0.4) is 0 Å². The number of hydrogen-bond acceptors (Lipinski definition) is 4. The van der Waals surface area contributed by atoms with Crippen LogP contribution in [0.1, 0.15) is 31.4 Å². The second-order valence-corrected chi connectivity index (χ2v) is 9.15. The van der Waals surface area contributed by atoms with Gasteiger partial charge in [-0.05, 0) is 37.5 Å². The van der Waals surface area contributed by atoms with Crippen LogP contribution in [0.2, 0.25) is 0 Å². The molecule has 19 heavy (non-hydrogen) atoms. The molecule has 0 spiro atoms. The van der Waals surface area contributed by atoms with Gasteiger partial charge in [0.05, 0.1) is 10.1 Å². The third-order valence-corrected chi connectivity index (χ3v) is 6.37. The van der Waals surface area contributed by atoms with Gasteiger partial charge in [-0.3, -0.25) is 0 Å². The molecule has 1 aliphatic carbocycles. The van der Waals surface area contributed by atoms with Crippen LogP contribution >= 0.6 is 10.7 Å². The summed E-state index contributed by atoms with van der Waals surface area (Å²) in [6, 6.07) is 5.42. The molecule has 0 radical (unpaired) electrons. The number of halogens is 1. The highest BCUT2D eigenvalue weighted by atomic mass is 35.7. The van der Waals surface area contributed by atoms with E-state index in [4.69, 9.17) is 10.7 Å². The van der Waals surface area contributed by atoms with Crippen LogP contribution in [0.5, 0.6) is 0 Å². The molecule has 1 saturated carbocycles. The average Bonchev–Trinajstić information content (AvgIpc) is 3.11. The maximum absolute atomic E-state index is 11.8. The maximum Gasteiger partial charge on any atom is 0.261 e. The molecule has 1 aromatic rings. The largest absolute Gasteiger partial charge is 0.261 e. The van der Waals surface area contributed by atoms with Gasteiger partial charge in [-0.15, -0.1) is 0 Å². The summed E-state index contributed by atoms with van der Waals surface area (Å²) in [4.78, 5) is -0.00448. The van der Waals surface area contributed by atoms with E-state index < -0.39 is 25.1 Å². The van der Waals surface area contributed by atoms with Crippen molar-refractivity contribution in [2.24, 2.45) is 0 Å². The average molecular weight is 324 g/mol. The number of hydrogen-bond donors (Lipinski definition) is 1. The highest BCUT2D eigenvalue weighted by Crippen LogP contribution is 2.29. The monoisotopic (exact) mass is 323 g/mol. The summed E-state index contributed by atoms with van der Waals surface area (Å²) in [6.07, 6.45) is 1.40. The Morgan fingerprint density at radius 3 is 2.11 bits per heavy atom. The van der Waals surface area contributed by atoms with Gasteiger partial charge in [-0.2, -0.15) is 0 Å². The molecule has 0 amide bonds.